The summed E-state index contributed by atoms with van der Waals surface area (Å²) in [4.78, 5) is 6.05. The molecular formula is C12H17Cl2N2O+. The number of hydroxylamine groups is 2. The van der Waals surface area contributed by atoms with Crippen LogP contribution >= 0.6 is 23.2 Å². The van der Waals surface area contributed by atoms with Gasteiger partial charge in [-0.3, -0.25) is 5.32 Å². The van der Waals surface area contributed by atoms with Crippen molar-refractivity contribution in [2.24, 2.45) is 0 Å². The maximum absolute atomic E-state index is 6.27. The Morgan fingerprint density at radius 2 is 1.94 bits per heavy atom. The second-order valence-electron chi connectivity index (χ2n) is 4.50. The number of para-hydroxylation sites is 1. The summed E-state index contributed by atoms with van der Waals surface area (Å²) in [5.74, 6) is 0. The van der Waals surface area contributed by atoms with Crippen molar-refractivity contribution in [2.75, 3.05) is 19.8 Å². The van der Waals surface area contributed by atoms with Crippen LogP contribution in [0.5, 0.6) is 0 Å². The van der Waals surface area contributed by atoms with Crippen molar-refractivity contribution in [3.05, 3.63) is 28.2 Å². The van der Waals surface area contributed by atoms with Crippen molar-refractivity contribution < 1.29 is 4.84 Å². The van der Waals surface area contributed by atoms with Gasteiger partial charge in [0.1, 0.15) is 22.7 Å². The first-order valence-electron chi connectivity index (χ1n) is 5.76. The second kappa shape index (κ2) is 5.12. The van der Waals surface area contributed by atoms with E-state index in [2.05, 4.69) is 5.32 Å². The fourth-order valence-electron chi connectivity index (χ4n) is 2.21. The smallest absolute Gasteiger partial charge is 0.204 e. The highest BCUT2D eigenvalue weighted by atomic mass is 35.5. The zero-order chi connectivity index (χ0) is 12.5. The molecule has 1 saturated heterocycles. The van der Waals surface area contributed by atoms with Gasteiger partial charge in [-0.1, -0.05) is 29.3 Å². The maximum atomic E-state index is 6.27. The highest BCUT2D eigenvalue weighted by molar-refractivity contribution is 6.38. The van der Waals surface area contributed by atoms with E-state index in [4.69, 9.17) is 28.0 Å². The van der Waals surface area contributed by atoms with Gasteiger partial charge in [0.25, 0.3) is 0 Å². The van der Waals surface area contributed by atoms with E-state index < -0.39 is 0 Å². The lowest BCUT2D eigenvalue weighted by atomic mass is 10.3. The van der Waals surface area contributed by atoms with Crippen molar-refractivity contribution >= 4 is 28.9 Å². The molecule has 1 heterocycles. The number of hydrogen-bond donors (Lipinski definition) is 1. The molecule has 1 unspecified atom stereocenters. The lowest BCUT2D eigenvalue weighted by Crippen LogP contribution is -2.50. The molecule has 0 bridgehead atoms. The van der Waals surface area contributed by atoms with Gasteiger partial charge < -0.3 is 0 Å². The van der Waals surface area contributed by atoms with Crippen LogP contribution in [0.1, 0.15) is 13.8 Å². The molecule has 0 aliphatic carbocycles. The quantitative estimate of drug-likeness (QED) is 0.856. The van der Waals surface area contributed by atoms with Crippen LogP contribution in [-0.4, -0.2) is 25.9 Å². The first-order chi connectivity index (χ1) is 8.05. The molecule has 1 aromatic carbocycles. The molecule has 0 radical (unpaired) electrons. The Morgan fingerprint density at radius 1 is 1.29 bits per heavy atom. The van der Waals surface area contributed by atoms with Gasteiger partial charge in [-0.2, -0.15) is 4.84 Å². The fourth-order valence-corrected chi connectivity index (χ4v) is 2.92. The molecule has 0 saturated carbocycles. The van der Waals surface area contributed by atoms with Crippen molar-refractivity contribution in [1.82, 2.24) is 9.96 Å². The summed E-state index contributed by atoms with van der Waals surface area (Å²) in [6.45, 7) is 6.46. The third-order valence-corrected chi connectivity index (χ3v) is 3.38. The fraction of sp³-hybridized carbons (Fsp3) is 0.500. The largest absolute Gasteiger partial charge is 0.262 e. The monoisotopic (exact) mass is 275 g/mol. The molecule has 0 amide bonds. The maximum Gasteiger partial charge on any atom is 0.204 e. The molecule has 1 atom stereocenters. The molecule has 2 rings (SSSR count). The summed E-state index contributed by atoms with van der Waals surface area (Å²) in [6.07, 6.45) is 0.113. The summed E-state index contributed by atoms with van der Waals surface area (Å²) < 4.78 is 0.357. The molecule has 1 aliphatic heterocycles. The SMILES string of the molecule is CC(C)O[N+]1(c2c(Cl)cccc2Cl)CCNC1. The van der Waals surface area contributed by atoms with Gasteiger partial charge in [0, 0.05) is 0 Å². The summed E-state index contributed by atoms with van der Waals surface area (Å²) in [7, 11) is 0. The van der Waals surface area contributed by atoms with Crippen molar-refractivity contribution in [1.29, 1.82) is 0 Å². The second-order valence-corrected chi connectivity index (χ2v) is 5.31. The van der Waals surface area contributed by atoms with Crippen LogP contribution in [0.25, 0.3) is 0 Å². The van der Waals surface area contributed by atoms with E-state index >= 15 is 0 Å². The number of benzene rings is 1. The minimum atomic E-state index is 0.113. The molecule has 1 aromatic rings. The van der Waals surface area contributed by atoms with E-state index in [-0.39, 0.29) is 6.10 Å². The summed E-state index contributed by atoms with van der Waals surface area (Å²) in [6, 6.07) is 5.55. The number of nitrogens with one attached hydrogen (secondary N) is 1. The summed E-state index contributed by atoms with van der Waals surface area (Å²) >= 11 is 12.5. The topological polar surface area (TPSA) is 21.3 Å². The Morgan fingerprint density at radius 3 is 2.41 bits per heavy atom. The van der Waals surface area contributed by atoms with Crippen LogP contribution < -0.4 is 9.96 Å². The molecule has 94 valence electrons. The predicted octanol–water partition coefficient (Wildman–Crippen LogP) is 3.20. The zero-order valence-electron chi connectivity index (χ0n) is 10.0. The lowest BCUT2D eigenvalue weighted by molar-refractivity contribution is -0.163. The first kappa shape index (κ1) is 13.1. The van der Waals surface area contributed by atoms with Crippen molar-refractivity contribution in [3.63, 3.8) is 0 Å². The van der Waals surface area contributed by atoms with Gasteiger partial charge in [0.05, 0.1) is 6.54 Å². The van der Waals surface area contributed by atoms with E-state index in [0.29, 0.717) is 21.4 Å². The van der Waals surface area contributed by atoms with Crippen LogP contribution in [0.4, 0.5) is 5.69 Å². The zero-order valence-corrected chi connectivity index (χ0v) is 11.6. The number of nitrogens with zero attached hydrogens (tertiary/aromatic N) is 1. The molecule has 17 heavy (non-hydrogen) atoms. The van der Waals surface area contributed by atoms with Crippen molar-refractivity contribution in [3.8, 4) is 0 Å². The van der Waals surface area contributed by atoms with Gasteiger partial charge in [-0.25, -0.2) is 0 Å². The van der Waals surface area contributed by atoms with E-state index in [9.17, 15) is 0 Å². The molecule has 0 aromatic heterocycles. The molecule has 1 aliphatic rings. The molecule has 1 fully saturated rings. The number of rotatable bonds is 3. The summed E-state index contributed by atoms with van der Waals surface area (Å²) in [5, 5.41) is 4.61. The standard InChI is InChI=1S/C12H17Cl2N2O/c1-9(2)17-16(7-6-15-8-16)12-10(13)4-3-5-11(12)14/h3-5,9,15H,6-8H2,1-2H3/q+1. The Balaban J connectivity index is 2.45. The van der Waals surface area contributed by atoms with Gasteiger partial charge in [0.15, 0.2) is 6.67 Å². The van der Waals surface area contributed by atoms with Gasteiger partial charge in [-0.15, -0.1) is 4.65 Å². The Bertz CT molecular complexity index is 383. The van der Waals surface area contributed by atoms with Gasteiger partial charge >= 0.3 is 0 Å². The predicted molar refractivity (Wildman–Crippen MR) is 72.2 cm³/mol. The molecule has 5 heteroatoms. The number of hydrogen-bond acceptors (Lipinski definition) is 2. The Kier molecular flexibility index (Phi) is 3.95. The average Bonchev–Trinajstić information content (AvgIpc) is 2.65. The van der Waals surface area contributed by atoms with Crippen LogP contribution in [0, 0.1) is 0 Å². The lowest BCUT2D eigenvalue weighted by Gasteiger charge is -2.32. The third kappa shape index (κ3) is 2.59. The Labute approximate surface area is 112 Å². The van der Waals surface area contributed by atoms with Gasteiger partial charge in [-0.05, 0) is 26.0 Å². The molecule has 1 N–H and O–H groups in total. The van der Waals surface area contributed by atoms with E-state index in [0.717, 1.165) is 18.8 Å². The average molecular weight is 276 g/mol. The summed E-state index contributed by atoms with van der Waals surface area (Å²) in [5.41, 5.74) is 0.856. The normalized spacial score (nSPS) is 24.5. The Hall–Kier alpha value is -0.320. The first-order valence-corrected chi connectivity index (χ1v) is 6.51. The third-order valence-electron chi connectivity index (χ3n) is 2.77. The highest BCUT2D eigenvalue weighted by Gasteiger charge is 2.41. The van der Waals surface area contributed by atoms with Crippen LogP contribution in [-0.2, 0) is 4.84 Å². The van der Waals surface area contributed by atoms with E-state index in [1.54, 1.807) is 0 Å². The van der Waals surface area contributed by atoms with Crippen LogP contribution in [0.3, 0.4) is 0 Å². The molecular weight excluding hydrogens is 259 g/mol. The highest BCUT2D eigenvalue weighted by Crippen LogP contribution is 2.39. The minimum absolute atomic E-state index is 0.113. The van der Waals surface area contributed by atoms with Crippen molar-refractivity contribution in [2.45, 2.75) is 20.0 Å². The van der Waals surface area contributed by atoms with E-state index in [1.165, 1.54) is 0 Å². The molecule has 0 spiro atoms. The number of halogens is 2. The van der Waals surface area contributed by atoms with E-state index in [1.807, 2.05) is 32.0 Å². The molecule has 3 nitrogen and oxygen atoms in total. The number of quaternary nitrogens is 1. The minimum Gasteiger partial charge on any atom is -0.262 e. The van der Waals surface area contributed by atoms with Gasteiger partial charge in [0.2, 0.25) is 5.69 Å². The van der Waals surface area contributed by atoms with Crippen LogP contribution in [0.2, 0.25) is 10.0 Å². The van der Waals surface area contributed by atoms with Crippen LogP contribution in [0.15, 0.2) is 18.2 Å².